The highest BCUT2D eigenvalue weighted by Gasteiger charge is 2.24. The SMILES string of the molecule is c1ccc(-c2ccc(-c3ccccc3N(c3ccc(-c4ccccc4)cc3)c3ccc(-c4ccc5ccccc5c4)c4oc5ccccc5c34)cc2)cc1. The smallest absolute Gasteiger partial charge is 0.145 e. The van der Waals surface area contributed by atoms with E-state index >= 15 is 0 Å². The van der Waals surface area contributed by atoms with Crippen LogP contribution in [0.5, 0.6) is 0 Å². The van der Waals surface area contributed by atoms with E-state index in [4.69, 9.17) is 4.42 Å². The molecule has 0 saturated heterocycles. The summed E-state index contributed by atoms with van der Waals surface area (Å²) in [5.41, 5.74) is 14.2. The number of nitrogens with zero attached hydrogens (tertiary/aromatic N) is 1. The lowest BCUT2D eigenvalue weighted by Crippen LogP contribution is -2.11. The molecule has 2 heteroatoms. The molecular weight excluding hydrogens is 655 g/mol. The predicted octanol–water partition coefficient (Wildman–Crippen LogP) is 14.9. The lowest BCUT2D eigenvalue weighted by Gasteiger charge is -2.29. The Morgan fingerprint density at radius 2 is 0.889 bits per heavy atom. The summed E-state index contributed by atoms with van der Waals surface area (Å²) in [5, 5.41) is 4.59. The monoisotopic (exact) mass is 689 g/mol. The van der Waals surface area contributed by atoms with Crippen molar-refractivity contribution in [2.24, 2.45) is 0 Å². The first kappa shape index (κ1) is 31.6. The van der Waals surface area contributed by atoms with E-state index in [1.165, 1.54) is 33.0 Å². The summed E-state index contributed by atoms with van der Waals surface area (Å²) in [6.45, 7) is 0. The van der Waals surface area contributed by atoms with E-state index in [1.54, 1.807) is 0 Å². The van der Waals surface area contributed by atoms with Gasteiger partial charge in [-0.1, -0.05) is 170 Å². The molecule has 0 radical (unpaired) electrons. The van der Waals surface area contributed by atoms with Crippen LogP contribution in [-0.2, 0) is 0 Å². The largest absolute Gasteiger partial charge is 0.455 e. The highest BCUT2D eigenvalue weighted by Crippen LogP contribution is 2.48. The van der Waals surface area contributed by atoms with Crippen LogP contribution in [0.3, 0.4) is 0 Å². The van der Waals surface area contributed by atoms with Crippen molar-refractivity contribution in [1.29, 1.82) is 0 Å². The fraction of sp³-hybridized carbons (Fsp3) is 0. The van der Waals surface area contributed by atoms with Gasteiger partial charge in [0.2, 0.25) is 0 Å². The maximum Gasteiger partial charge on any atom is 0.145 e. The normalized spacial score (nSPS) is 11.3. The molecule has 0 aliphatic carbocycles. The zero-order valence-electron chi connectivity index (χ0n) is 29.6. The van der Waals surface area contributed by atoms with Gasteiger partial charge in [0.1, 0.15) is 11.2 Å². The third-order valence-corrected chi connectivity index (χ3v) is 10.5. The molecule has 0 fully saturated rings. The summed E-state index contributed by atoms with van der Waals surface area (Å²) < 4.78 is 6.83. The first-order valence-corrected chi connectivity index (χ1v) is 18.4. The molecule has 0 saturated carbocycles. The highest BCUT2D eigenvalue weighted by atomic mass is 16.3. The van der Waals surface area contributed by atoms with E-state index < -0.39 is 0 Å². The summed E-state index contributed by atoms with van der Waals surface area (Å²) in [7, 11) is 0. The van der Waals surface area contributed by atoms with Crippen LogP contribution in [0.2, 0.25) is 0 Å². The molecule has 0 N–H and O–H groups in total. The van der Waals surface area contributed by atoms with E-state index in [0.717, 1.165) is 61.3 Å². The summed E-state index contributed by atoms with van der Waals surface area (Å²) >= 11 is 0. The number of hydrogen-bond donors (Lipinski definition) is 0. The van der Waals surface area contributed by atoms with Crippen LogP contribution in [0.25, 0.3) is 77.2 Å². The summed E-state index contributed by atoms with van der Waals surface area (Å²) in [5.74, 6) is 0. The summed E-state index contributed by atoms with van der Waals surface area (Å²) in [6.07, 6.45) is 0. The first-order chi connectivity index (χ1) is 26.8. The van der Waals surface area contributed by atoms with Gasteiger partial charge in [0, 0.05) is 22.2 Å². The van der Waals surface area contributed by atoms with E-state index in [0.29, 0.717) is 0 Å². The molecule has 0 bridgehead atoms. The number of fused-ring (bicyclic) bond motifs is 4. The van der Waals surface area contributed by atoms with Crippen molar-refractivity contribution in [3.05, 3.63) is 212 Å². The molecule has 0 aliphatic rings. The van der Waals surface area contributed by atoms with Gasteiger partial charge >= 0.3 is 0 Å². The van der Waals surface area contributed by atoms with Crippen LogP contribution in [0.1, 0.15) is 0 Å². The van der Waals surface area contributed by atoms with Gasteiger partial charge in [-0.05, 0) is 86.6 Å². The van der Waals surface area contributed by atoms with Crippen molar-refractivity contribution in [2.45, 2.75) is 0 Å². The summed E-state index contributed by atoms with van der Waals surface area (Å²) in [4.78, 5) is 2.41. The Labute approximate surface area is 314 Å². The quantitative estimate of drug-likeness (QED) is 0.166. The number of furan rings is 1. The van der Waals surface area contributed by atoms with Gasteiger partial charge in [0.05, 0.1) is 16.8 Å². The van der Waals surface area contributed by atoms with Crippen molar-refractivity contribution in [2.75, 3.05) is 4.90 Å². The van der Waals surface area contributed by atoms with Gasteiger partial charge in [-0.15, -0.1) is 0 Å². The molecule has 2 nitrogen and oxygen atoms in total. The standard InChI is InChI=1S/C52H35NO/c1-3-13-36(14-4-1)39-23-26-41(27-24-39)45-19-9-11-21-48(45)53(44-31-29-40(30-32-44)37-15-5-2-6-16-37)49-34-33-46(43-28-25-38-17-7-8-18-42(38)35-43)52-51(49)47-20-10-12-22-50(47)54-52/h1-35H. The number of rotatable bonds is 7. The van der Waals surface area contributed by atoms with Crippen LogP contribution in [0.4, 0.5) is 17.1 Å². The van der Waals surface area contributed by atoms with Gasteiger partial charge in [-0.2, -0.15) is 0 Å². The molecule has 0 spiro atoms. The maximum atomic E-state index is 6.83. The molecule has 0 aliphatic heterocycles. The van der Waals surface area contributed by atoms with Gasteiger partial charge in [-0.3, -0.25) is 0 Å². The Hall–Kier alpha value is -7.16. The zero-order chi connectivity index (χ0) is 35.8. The molecule has 10 aromatic rings. The second-order valence-corrected chi connectivity index (χ2v) is 13.7. The minimum atomic E-state index is 0.867. The Bertz CT molecular complexity index is 2910. The van der Waals surface area contributed by atoms with Crippen LogP contribution < -0.4 is 4.90 Å². The van der Waals surface area contributed by atoms with Crippen LogP contribution in [0, 0.1) is 0 Å². The second kappa shape index (κ2) is 13.4. The third-order valence-electron chi connectivity index (χ3n) is 10.5. The van der Waals surface area contributed by atoms with Gasteiger partial charge in [-0.25, -0.2) is 0 Å². The Morgan fingerprint density at radius 3 is 1.63 bits per heavy atom. The molecule has 0 unspecified atom stereocenters. The van der Waals surface area contributed by atoms with Crippen molar-refractivity contribution >= 4 is 49.8 Å². The molecule has 0 amide bonds. The average Bonchev–Trinajstić information content (AvgIpc) is 3.65. The molecule has 1 aromatic heterocycles. The Morgan fingerprint density at radius 1 is 0.333 bits per heavy atom. The zero-order valence-corrected chi connectivity index (χ0v) is 29.6. The fourth-order valence-electron chi connectivity index (χ4n) is 7.81. The maximum absolute atomic E-state index is 6.83. The van der Waals surface area contributed by atoms with E-state index in [1.807, 2.05) is 0 Å². The molecule has 54 heavy (non-hydrogen) atoms. The molecule has 9 aromatic carbocycles. The van der Waals surface area contributed by atoms with Gasteiger partial charge < -0.3 is 9.32 Å². The van der Waals surface area contributed by atoms with Crippen LogP contribution in [-0.4, -0.2) is 0 Å². The van der Waals surface area contributed by atoms with Crippen LogP contribution in [0.15, 0.2) is 217 Å². The molecule has 1 heterocycles. The topological polar surface area (TPSA) is 16.4 Å². The second-order valence-electron chi connectivity index (χ2n) is 13.7. The minimum Gasteiger partial charge on any atom is -0.455 e. The van der Waals surface area contributed by atoms with Gasteiger partial charge in [0.25, 0.3) is 0 Å². The van der Waals surface area contributed by atoms with Crippen molar-refractivity contribution in [1.82, 2.24) is 0 Å². The van der Waals surface area contributed by atoms with Crippen molar-refractivity contribution < 1.29 is 4.42 Å². The van der Waals surface area contributed by atoms with Crippen molar-refractivity contribution in [3.8, 4) is 44.5 Å². The predicted molar refractivity (Wildman–Crippen MR) is 228 cm³/mol. The Kier molecular flexibility index (Phi) is 7.85. The van der Waals surface area contributed by atoms with Crippen molar-refractivity contribution in [3.63, 3.8) is 0 Å². The lowest BCUT2D eigenvalue weighted by molar-refractivity contribution is 0.670. The highest BCUT2D eigenvalue weighted by molar-refractivity contribution is 6.17. The number of anilines is 3. The average molecular weight is 690 g/mol. The number of benzene rings is 9. The number of hydrogen-bond acceptors (Lipinski definition) is 2. The number of para-hydroxylation sites is 2. The minimum absolute atomic E-state index is 0.867. The molecule has 10 rings (SSSR count). The molecule has 254 valence electrons. The Balaban J connectivity index is 1.20. The molecular formula is C52H35NO. The van der Waals surface area contributed by atoms with E-state index in [9.17, 15) is 0 Å². The third kappa shape index (κ3) is 5.62. The van der Waals surface area contributed by atoms with E-state index in [2.05, 4.69) is 217 Å². The molecule has 0 atom stereocenters. The van der Waals surface area contributed by atoms with Crippen LogP contribution >= 0.6 is 0 Å². The van der Waals surface area contributed by atoms with E-state index in [-0.39, 0.29) is 0 Å². The fourth-order valence-corrected chi connectivity index (χ4v) is 7.81. The van der Waals surface area contributed by atoms with Gasteiger partial charge in [0.15, 0.2) is 0 Å². The summed E-state index contributed by atoms with van der Waals surface area (Å²) in [6, 6.07) is 75.8. The lowest BCUT2D eigenvalue weighted by atomic mass is 9.96. The first-order valence-electron chi connectivity index (χ1n) is 18.4.